The summed E-state index contributed by atoms with van der Waals surface area (Å²) in [5.74, 6) is 0.155. The Labute approximate surface area is 118 Å². The van der Waals surface area contributed by atoms with Gasteiger partial charge in [-0.1, -0.05) is 13.3 Å². The largest absolute Gasteiger partial charge is 0.382 e. The lowest BCUT2D eigenvalue weighted by atomic mass is 10.2. The van der Waals surface area contributed by atoms with Crippen LogP contribution in [-0.4, -0.2) is 31.1 Å². The van der Waals surface area contributed by atoms with Gasteiger partial charge in [-0.3, -0.25) is 0 Å². The van der Waals surface area contributed by atoms with Crippen LogP contribution in [0.1, 0.15) is 39.5 Å². The lowest BCUT2D eigenvalue weighted by Crippen LogP contribution is -2.29. The summed E-state index contributed by atoms with van der Waals surface area (Å²) in [6.07, 6.45) is 3.55. The molecule has 1 aliphatic rings. The molecule has 7 heteroatoms. The highest BCUT2D eigenvalue weighted by atomic mass is 32.2. The van der Waals surface area contributed by atoms with Crippen molar-refractivity contribution in [2.75, 3.05) is 17.7 Å². The molecule has 1 heterocycles. The van der Waals surface area contributed by atoms with E-state index < -0.39 is 9.84 Å². The molecule has 0 spiro atoms. The number of aromatic nitrogens is 1. The average molecular weight is 303 g/mol. The number of nitrogens with zero attached hydrogens (tertiary/aromatic N) is 2. The summed E-state index contributed by atoms with van der Waals surface area (Å²) in [5.41, 5.74) is 5.80. The van der Waals surface area contributed by atoms with E-state index in [0.29, 0.717) is 5.00 Å². The number of nitrogens with two attached hydrogens (primary N) is 1. The smallest absolute Gasteiger partial charge is 0.187 e. The molecule has 19 heavy (non-hydrogen) atoms. The fourth-order valence-electron chi connectivity index (χ4n) is 2.13. The Bertz CT molecular complexity index is 549. The predicted molar refractivity (Wildman–Crippen MR) is 79.5 cm³/mol. The maximum Gasteiger partial charge on any atom is 0.187 e. The van der Waals surface area contributed by atoms with Crippen LogP contribution < -0.4 is 10.6 Å². The molecule has 5 nitrogen and oxygen atoms in total. The van der Waals surface area contributed by atoms with Crippen molar-refractivity contribution in [3.63, 3.8) is 0 Å². The Morgan fingerprint density at radius 2 is 2.16 bits per heavy atom. The van der Waals surface area contributed by atoms with Gasteiger partial charge in [-0.15, -0.1) is 0 Å². The molecule has 1 unspecified atom stereocenters. The van der Waals surface area contributed by atoms with Gasteiger partial charge in [0.05, 0.1) is 5.25 Å². The Morgan fingerprint density at radius 3 is 2.68 bits per heavy atom. The van der Waals surface area contributed by atoms with E-state index in [0.717, 1.165) is 25.7 Å². The fraction of sp³-hybridized carbons (Fsp3) is 0.750. The minimum Gasteiger partial charge on any atom is -0.382 e. The van der Waals surface area contributed by atoms with Crippen LogP contribution in [0.4, 0.5) is 10.8 Å². The van der Waals surface area contributed by atoms with E-state index in [1.54, 1.807) is 0 Å². The number of hydrogen-bond acceptors (Lipinski definition) is 6. The van der Waals surface area contributed by atoms with Gasteiger partial charge < -0.3 is 10.6 Å². The van der Waals surface area contributed by atoms with Crippen LogP contribution in [0.3, 0.4) is 0 Å². The van der Waals surface area contributed by atoms with Crippen LogP contribution in [-0.2, 0) is 9.84 Å². The number of nitrogen functional groups attached to an aromatic ring is 1. The zero-order valence-electron chi connectivity index (χ0n) is 11.6. The van der Waals surface area contributed by atoms with Crippen LogP contribution >= 0.6 is 11.5 Å². The van der Waals surface area contributed by atoms with Gasteiger partial charge in [-0.2, -0.15) is 4.37 Å². The van der Waals surface area contributed by atoms with Crippen LogP contribution in [0.15, 0.2) is 4.90 Å². The number of hydrogen-bond donors (Lipinski definition) is 1. The molecule has 0 amide bonds. The monoisotopic (exact) mass is 303 g/mol. The van der Waals surface area contributed by atoms with Gasteiger partial charge >= 0.3 is 0 Å². The molecule has 0 bridgehead atoms. The molecule has 0 saturated heterocycles. The van der Waals surface area contributed by atoms with Crippen molar-refractivity contribution in [2.24, 2.45) is 0 Å². The lowest BCUT2D eigenvalue weighted by molar-refractivity contribution is 0.592. The molecular weight excluding hydrogens is 282 g/mol. The van der Waals surface area contributed by atoms with Gasteiger partial charge in [0.2, 0.25) is 0 Å². The molecule has 0 aliphatic heterocycles. The summed E-state index contributed by atoms with van der Waals surface area (Å²) < 4.78 is 28.9. The van der Waals surface area contributed by atoms with Crippen molar-refractivity contribution in [3.8, 4) is 0 Å². The molecule has 108 valence electrons. The van der Waals surface area contributed by atoms with Crippen molar-refractivity contribution >= 4 is 32.2 Å². The summed E-state index contributed by atoms with van der Waals surface area (Å²) in [6, 6.07) is 0.276. The van der Waals surface area contributed by atoms with E-state index in [1.165, 1.54) is 11.5 Å². The van der Waals surface area contributed by atoms with Crippen LogP contribution in [0.25, 0.3) is 0 Å². The minimum atomic E-state index is -3.30. The fourth-order valence-corrected chi connectivity index (χ4v) is 5.24. The van der Waals surface area contributed by atoms with Crippen LogP contribution in [0.2, 0.25) is 0 Å². The SMILES string of the molecule is CCCC(C)N(C)c1snc(N)c1S(=O)(=O)C1CC1. The van der Waals surface area contributed by atoms with Crippen molar-refractivity contribution in [1.82, 2.24) is 4.37 Å². The van der Waals surface area contributed by atoms with Gasteiger partial charge in [0.15, 0.2) is 15.7 Å². The first-order chi connectivity index (χ1) is 8.89. The number of anilines is 2. The van der Waals surface area contributed by atoms with Crippen LogP contribution in [0.5, 0.6) is 0 Å². The average Bonchev–Trinajstić information content (AvgIpc) is 3.12. The van der Waals surface area contributed by atoms with Crippen molar-refractivity contribution in [2.45, 2.75) is 55.7 Å². The first kappa shape index (κ1) is 14.6. The second-order valence-electron chi connectivity index (χ2n) is 5.20. The Morgan fingerprint density at radius 1 is 1.53 bits per heavy atom. The second-order valence-corrected chi connectivity index (χ2v) is 8.11. The zero-order valence-corrected chi connectivity index (χ0v) is 13.2. The van der Waals surface area contributed by atoms with E-state index in [-0.39, 0.29) is 22.0 Å². The third-order valence-corrected chi connectivity index (χ3v) is 7.00. The minimum absolute atomic E-state index is 0.155. The summed E-state index contributed by atoms with van der Waals surface area (Å²) in [6.45, 7) is 4.21. The molecule has 0 aromatic carbocycles. The maximum atomic E-state index is 12.4. The van der Waals surface area contributed by atoms with Gasteiger partial charge in [-0.05, 0) is 37.7 Å². The first-order valence-corrected chi connectivity index (χ1v) is 8.93. The van der Waals surface area contributed by atoms with Gasteiger partial charge in [0.1, 0.15) is 9.90 Å². The Balaban J connectivity index is 2.37. The molecule has 2 N–H and O–H groups in total. The molecule has 1 saturated carbocycles. The van der Waals surface area contributed by atoms with Crippen molar-refractivity contribution in [3.05, 3.63) is 0 Å². The molecule has 0 radical (unpaired) electrons. The summed E-state index contributed by atoms with van der Waals surface area (Å²) in [4.78, 5) is 2.25. The second kappa shape index (κ2) is 5.28. The molecule has 2 rings (SSSR count). The highest BCUT2D eigenvalue weighted by Gasteiger charge is 2.41. The van der Waals surface area contributed by atoms with Gasteiger partial charge in [0, 0.05) is 13.1 Å². The predicted octanol–water partition coefficient (Wildman–Crippen LogP) is 2.29. The summed E-state index contributed by atoms with van der Waals surface area (Å²) in [5, 5.41) is 0.435. The highest BCUT2D eigenvalue weighted by Crippen LogP contribution is 2.42. The van der Waals surface area contributed by atoms with Gasteiger partial charge in [-0.25, -0.2) is 8.42 Å². The number of sulfone groups is 1. The lowest BCUT2D eigenvalue weighted by Gasteiger charge is -2.25. The molecular formula is C12H21N3O2S2. The van der Waals surface area contributed by atoms with E-state index in [1.807, 2.05) is 11.9 Å². The van der Waals surface area contributed by atoms with E-state index in [2.05, 4.69) is 18.2 Å². The summed E-state index contributed by atoms with van der Waals surface area (Å²) >= 11 is 1.18. The Kier molecular flexibility index (Phi) is 4.06. The molecule has 1 aliphatic carbocycles. The Hall–Kier alpha value is -0.820. The van der Waals surface area contributed by atoms with Crippen molar-refractivity contribution in [1.29, 1.82) is 0 Å². The molecule has 1 fully saturated rings. The number of rotatable bonds is 6. The summed E-state index contributed by atoms with van der Waals surface area (Å²) in [7, 11) is -1.38. The van der Waals surface area contributed by atoms with E-state index >= 15 is 0 Å². The third-order valence-electron chi connectivity index (χ3n) is 3.59. The van der Waals surface area contributed by atoms with E-state index in [4.69, 9.17) is 5.73 Å². The maximum absolute atomic E-state index is 12.4. The highest BCUT2D eigenvalue weighted by molar-refractivity contribution is 7.92. The quantitative estimate of drug-likeness (QED) is 0.872. The van der Waals surface area contributed by atoms with Crippen LogP contribution in [0, 0.1) is 0 Å². The zero-order chi connectivity index (χ0) is 14.2. The van der Waals surface area contributed by atoms with E-state index in [9.17, 15) is 8.42 Å². The van der Waals surface area contributed by atoms with Crippen molar-refractivity contribution < 1.29 is 8.42 Å². The molecule has 1 aromatic heterocycles. The normalized spacial score (nSPS) is 17.4. The third kappa shape index (κ3) is 2.72. The molecule has 1 atom stereocenters. The molecule has 1 aromatic rings. The van der Waals surface area contributed by atoms with Gasteiger partial charge in [0.25, 0.3) is 0 Å². The topological polar surface area (TPSA) is 76.3 Å². The standard InChI is InChI=1S/C12H21N3O2S2/c1-4-5-8(2)15(3)12-10(11(13)14-18-12)19(16,17)9-6-7-9/h8-9H,4-7H2,1-3H3,(H2,13,14). The first-order valence-electron chi connectivity index (χ1n) is 6.61.